The number of benzene rings is 1. The van der Waals surface area contributed by atoms with E-state index in [0.29, 0.717) is 37.0 Å². The molecule has 4 N–H and O–H groups in total. The summed E-state index contributed by atoms with van der Waals surface area (Å²) in [5, 5.41) is 21.4. The topological polar surface area (TPSA) is 127 Å². The van der Waals surface area contributed by atoms with Crippen LogP contribution in [0.1, 0.15) is 50.4 Å². The van der Waals surface area contributed by atoms with Gasteiger partial charge in [-0.1, -0.05) is 18.2 Å². The standard InChI is InChI=1S/C27H34N6O3/c1-27(25(34)28-7-6-23-30-15-31-32-23,13-20-14-29-22-5-3-2-4-21(20)22)33(26(35)36)24-18-9-16-8-17(11-18)12-19(24)10-16/h2-5,14-19,24,29H,6-13H2,1H3,(H,28,34)(H,35,36)(H,30,31,32). The predicted octanol–water partition coefficient (Wildman–Crippen LogP) is 3.75. The maximum Gasteiger partial charge on any atom is 0.408 e. The van der Waals surface area contributed by atoms with Crippen LogP contribution in [0.15, 0.2) is 36.8 Å². The summed E-state index contributed by atoms with van der Waals surface area (Å²) in [4.78, 5) is 36.0. The molecule has 190 valence electrons. The molecule has 0 saturated heterocycles. The second kappa shape index (κ2) is 8.94. The summed E-state index contributed by atoms with van der Waals surface area (Å²) >= 11 is 0. The van der Waals surface area contributed by atoms with Crippen LogP contribution in [0.2, 0.25) is 0 Å². The van der Waals surface area contributed by atoms with Crippen LogP contribution in [0.25, 0.3) is 10.9 Å². The Morgan fingerprint density at radius 3 is 2.53 bits per heavy atom. The number of hydrogen-bond acceptors (Lipinski definition) is 4. The van der Waals surface area contributed by atoms with Gasteiger partial charge < -0.3 is 15.4 Å². The first kappa shape index (κ1) is 23.1. The molecule has 9 heteroatoms. The molecule has 4 fully saturated rings. The smallest absolute Gasteiger partial charge is 0.408 e. The van der Waals surface area contributed by atoms with E-state index in [2.05, 4.69) is 25.5 Å². The fourth-order valence-electron chi connectivity index (χ4n) is 7.75. The van der Waals surface area contributed by atoms with Crippen molar-refractivity contribution < 1.29 is 14.7 Å². The maximum atomic E-state index is 14.0. The normalized spacial score (nSPS) is 28.2. The molecule has 4 aliphatic carbocycles. The van der Waals surface area contributed by atoms with Gasteiger partial charge in [0.25, 0.3) is 0 Å². The predicted molar refractivity (Wildman–Crippen MR) is 134 cm³/mol. The minimum Gasteiger partial charge on any atom is -0.465 e. The Kier molecular flexibility index (Phi) is 5.73. The Bertz CT molecular complexity index is 1230. The van der Waals surface area contributed by atoms with Crippen molar-refractivity contribution in [2.75, 3.05) is 6.54 Å². The Morgan fingerprint density at radius 2 is 1.86 bits per heavy atom. The third kappa shape index (κ3) is 3.94. The van der Waals surface area contributed by atoms with Crippen LogP contribution < -0.4 is 5.32 Å². The molecule has 9 nitrogen and oxygen atoms in total. The van der Waals surface area contributed by atoms with Crippen molar-refractivity contribution in [3.63, 3.8) is 0 Å². The lowest BCUT2D eigenvalue weighted by Crippen LogP contribution is -2.68. The van der Waals surface area contributed by atoms with Crippen LogP contribution in [0.4, 0.5) is 4.79 Å². The number of carbonyl (C=O) groups excluding carboxylic acids is 1. The van der Waals surface area contributed by atoms with Crippen LogP contribution in [-0.4, -0.2) is 60.3 Å². The van der Waals surface area contributed by atoms with E-state index >= 15 is 0 Å². The summed E-state index contributed by atoms with van der Waals surface area (Å²) in [6, 6.07) is 7.85. The minimum absolute atomic E-state index is 0.120. The molecule has 1 aromatic carbocycles. The van der Waals surface area contributed by atoms with Crippen molar-refractivity contribution in [2.24, 2.45) is 23.7 Å². The molecule has 3 aromatic rings. The lowest BCUT2D eigenvalue weighted by molar-refractivity contribution is -0.140. The average molecular weight is 491 g/mol. The van der Waals surface area contributed by atoms with Crippen LogP contribution >= 0.6 is 0 Å². The first-order valence-corrected chi connectivity index (χ1v) is 13.1. The van der Waals surface area contributed by atoms with Gasteiger partial charge in [0.1, 0.15) is 17.7 Å². The zero-order valence-electron chi connectivity index (χ0n) is 20.6. The molecule has 2 aromatic heterocycles. The molecule has 0 spiro atoms. The monoisotopic (exact) mass is 490 g/mol. The summed E-state index contributed by atoms with van der Waals surface area (Å²) in [7, 11) is 0. The molecule has 1 atom stereocenters. The quantitative estimate of drug-likeness (QED) is 0.382. The number of aromatic amines is 2. The number of para-hydroxylation sites is 1. The molecule has 36 heavy (non-hydrogen) atoms. The fraction of sp³-hybridized carbons (Fsp3) is 0.556. The number of amides is 2. The number of carbonyl (C=O) groups is 2. The summed E-state index contributed by atoms with van der Waals surface area (Å²) in [6.45, 7) is 2.17. The van der Waals surface area contributed by atoms with Crippen molar-refractivity contribution in [1.29, 1.82) is 0 Å². The lowest BCUT2D eigenvalue weighted by atomic mass is 9.53. The van der Waals surface area contributed by atoms with E-state index in [-0.39, 0.29) is 11.9 Å². The van der Waals surface area contributed by atoms with Gasteiger partial charge in [-0.15, -0.1) is 0 Å². The molecule has 1 unspecified atom stereocenters. The van der Waals surface area contributed by atoms with Gasteiger partial charge in [-0.2, -0.15) is 5.10 Å². The van der Waals surface area contributed by atoms with E-state index in [9.17, 15) is 14.7 Å². The van der Waals surface area contributed by atoms with Crippen LogP contribution in [0.3, 0.4) is 0 Å². The second-order valence-corrected chi connectivity index (χ2v) is 11.3. The molecule has 7 rings (SSSR count). The van der Waals surface area contributed by atoms with E-state index in [1.165, 1.54) is 12.7 Å². The van der Waals surface area contributed by atoms with Crippen LogP contribution in [-0.2, 0) is 17.6 Å². The summed E-state index contributed by atoms with van der Waals surface area (Å²) < 4.78 is 0. The summed E-state index contributed by atoms with van der Waals surface area (Å²) in [5.41, 5.74) is 0.684. The number of H-pyrrole nitrogens is 2. The highest BCUT2D eigenvalue weighted by atomic mass is 16.4. The van der Waals surface area contributed by atoms with Gasteiger partial charge in [0, 0.05) is 42.5 Å². The van der Waals surface area contributed by atoms with E-state index in [0.717, 1.165) is 54.0 Å². The first-order chi connectivity index (χ1) is 17.4. The SMILES string of the molecule is CC(Cc1c[nH]c2ccccc12)(C(=O)NCCc1ncn[nH]1)N(C(=O)O)C1C2CC3CC(C2)CC1C3. The third-order valence-corrected chi connectivity index (χ3v) is 9.02. The Morgan fingerprint density at radius 1 is 1.14 bits per heavy atom. The average Bonchev–Trinajstić information content (AvgIpc) is 3.51. The highest BCUT2D eigenvalue weighted by molar-refractivity contribution is 5.91. The molecule has 4 aliphatic rings. The highest BCUT2D eigenvalue weighted by Crippen LogP contribution is 2.56. The molecule has 0 radical (unpaired) electrons. The molecular weight excluding hydrogens is 456 g/mol. The van der Waals surface area contributed by atoms with E-state index in [4.69, 9.17) is 0 Å². The van der Waals surface area contributed by atoms with Crippen molar-refractivity contribution >= 4 is 22.9 Å². The van der Waals surface area contributed by atoms with E-state index < -0.39 is 11.6 Å². The van der Waals surface area contributed by atoms with Gasteiger partial charge in [0.2, 0.25) is 5.91 Å². The zero-order chi connectivity index (χ0) is 24.9. The van der Waals surface area contributed by atoms with Crippen molar-refractivity contribution in [3.8, 4) is 0 Å². The van der Waals surface area contributed by atoms with Crippen LogP contribution in [0.5, 0.6) is 0 Å². The van der Waals surface area contributed by atoms with Gasteiger partial charge >= 0.3 is 6.09 Å². The lowest BCUT2D eigenvalue weighted by Gasteiger charge is -2.59. The van der Waals surface area contributed by atoms with Crippen molar-refractivity contribution in [2.45, 2.75) is 63.5 Å². The summed E-state index contributed by atoms with van der Waals surface area (Å²) in [5.74, 6) is 2.53. The van der Waals surface area contributed by atoms with Gasteiger partial charge in [-0.05, 0) is 74.3 Å². The number of nitrogens with zero attached hydrogens (tertiary/aromatic N) is 3. The largest absolute Gasteiger partial charge is 0.465 e. The molecule has 2 amide bonds. The minimum atomic E-state index is -1.25. The summed E-state index contributed by atoms with van der Waals surface area (Å²) in [6.07, 6.45) is 8.78. The zero-order valence-corrected chi connectivity index (χ0v) is 20.6. The molecular formula is C27H34N6O3. The maximum absolute atomic E-state index is 14.0. The Hall–Kier alpha value is -3.36. The number of fused-ring (bicyclic) bond motifs is 1. The van der Waals surface area contributed by atoms with Gasteiger partial charge in [-0.25, -0.2) is 9.78 Å². The highest BCUT2D eigenvalue weighted by Gasteiger charge is 2.56. The fourth-order valence-corrected chi connectivity index (χ4v) is 7.75. The van der Waals surface area contributed by atoms with Gasteiger partial charge in [0.05, 0.1) is 0 Å². The number of carboxylic acid groups (broad SMARTS) is 1. The van der Waals surface area contributed by atoms with Crippen molar-refractivity contribution in [1.82, 2.24) is 30.4 Å². The van der Waals surface area contributed by atoms with E-state index in [1.54, 1.807) is 4.90 Å². The molecule has 2 heterocycles. The number of rotatable bonds is 8. The molecule has 4 bridgehead atoms. The van der Waals surface area contributed by atoms with E-state index in [1.807, 2.05) is 37.4 Å². The van der Waals surface area contributed by atoms with Gasteiger partial charge in [0.15, 0.2) is 0 Å². The third-order valence-electron chi connectivity index (χ3n) is 9.02. The number of hydrogen-bond donors (Lipinski definition) is 4. The molecule has 4 saturated carbocycles. The molecule has 0 aliphatic heterocycles. The number of nitrogens with one attached hydrogen (secondary N) is 3. The first-order valence-electron chi connectivity index (χ1n) is 13.1. The van der Waals surface area contributed by atoms with Crippen LogP contribution in [0, 0.1) is 23.7 Å². The second-order valence-electron chi connectivity index (χ2n) is 11.3. The van der Waals surface area contributed by atoms with Crippen molar-refractivity contribution in [3.05, 3.63) is 48.2 Å². The van der Waals surface area contributed by atoms with Gasteiger partial charge in [-0.3, -0.25) is 14.8 Å². The Balaban J connectivity index is 1.34. The number of aromatic nitrogens is 4. The Labute approximate surface area is 210 Å².